The molecule has 202 valence electrons. The first kappa shape index (κ1) is 28.1. The maximum atomic E-state index is 14.0. The van der Waals surface area contributed by atoms with Crippen molar-refractivity contribution in [3.8, 4) is 17.1 Å². The van der Waals surface area contributed by atoms with Crippen LogP contribution in [0.5, 0.6) is 5.88 Å². The highest BCUT2D eigenvalue weighted by Crippen LogP contribution is 2.33. The van der Waals surface area contributed by atoms with E-state index < -0.39 is 12.0 Å². The smallest absolute Gasteiger partial charge is 0.298 e. The van der Waals surface area contributed by atoms with Crippen LogP contribution < -0.4 is 10.1 Å². The Bertz CT molecular complexity index is 1450. The van der Waals surface area contributed by atoms with E-state index >= 15 is 0 Å². The molecule has 0 spiro atoms. The molecule has 3 aromatic carbocycles. The molecule has 0 aliphatic heterocycles. The van der Waals surface area contributed by atoms with Crippen LogP contribution >= 0.6 is 11.6 Å². The number of rotatable bonds is 9. The molecule has 0 radical (unpaired) electrons. The minimum atomic E-state index is -3.36. The van der Waals surface area contributed by atoms with Gasteiger partial charge < -0.3 is 15.2 Å². The first-order valence-electron chi connectivity index (χ1n) is 12.3. The molecule has 6 nitrogen and oxygen atoms in total. The topological polar surface area (TPSA) is 84.3 Å². The summed E-state index contributed by atoms with van der Waals surface area (Å²) >= 11 is 6.40. The number of carbonyl (C=O) groups excluding carboxylic acids is 1. The molecule has 0 aliphatic carbocycles. The fourth-order valence-corrected chi connectivity index (χ4v) is 4.38. The summed E-state index contributed by atoms with van der Waals surface area (Å²) in [6.07, 6.45) is 0.955. The second kappa shape index (κ2) is 11.9. The third-order valence-electron chi connectivity index (χ3n) is 6.22. The summed E-state index contributed by atoms with van der Waals surface area (Å²) in [5, 5.41) is 12.7. The first-order valence-corrected chi connectivity index (χ1v) is 12.7. The Labute approximate surface area is 230 Å². The van der Waals surface area contributed by atoms with Gasteiger partial charge in [0.25, 0.3) is 5.92 Å². The maximum absolute atomic E-state index is 14.0. The quantitative estimate of drug-likeness (QED) is 0.236. The fourth-order valence-electron chi connectivity index (χ4n) is 3.99. The summed E-state index contributed by atoms with van der Waals surface area (Å²) in [6.45, 7) is 4.89. The van der Waals surface area contributed by atoms with Crippen molar-refractivity contribution in [2.24, 2.45) is 0 Å². The number of anilines is 1. The molecule has 2 atom stereocenters. The number of aliphatic hydroxyl groups is 1. The van der Waals surface area contributed by atoms with E-state index in [9.17, 15) is 18.7 Å². The molecule has 9 heteroatoms. The van der Waals surface area contributed by atoms with Gasteiger partial charge in [0.1, 0.15) is 17.9 Å². The van der Waals surface area contributed by atoms with E-state index in [1.54, 1.807) is 36.7 Å². The van der Waals surface area contributed by atoms with Gasteiger partial charge in [-0.05, 0) is 50.1 Å². The molecule has 0 bridgehead atoms. The van der Waals surface area contributed by atoms with Crippen LogP contribution in [0.3, 0.4) is 0 Å². The summed E-state index contributed by atoms with van der Waals surface area (Å²) in [7, 11) is 0. The Hall–Kier alpha value is -3.88. The van der Waals surface area contributed by atoms with Crippen LogP contribution in [0.15, 0.2) is 79.1 Å². The lowest BCUT2D eigenvalue weighted by atomic mass is 10.0. The van der Waals surface area contributed by atoms with Gasteiger partial charge in [-0.25, -0.2) is 9.97 Å². The number of alkyl halides is 2. The minimum absolute atomic E-state index is 0.00386. The van der Waals surface area contributed by atoms with Crippen molar-refractivity contribution in [1.29, 1.82) is 0 Å². The Morgan fingerprint density at radius 1 is 1.03 bits per heavy atom. The summed E-state index contributed by atoms with van der Waals surface area (Å²) in [6, 6.07) is 18.2. The number of ether oxygens (including phenoxy) is 1. The number of carbonyl (C=O) groups is 1. The number of hydrogen-bond acceptors (Lipinski definition) is 5. The summed E-state index contributed by atoms with van der Waals surface area (Å²) in [4.78, 5) is 21.3. The lowest BCUT2D eigenvalue weighted by molar-refractivity contribution is -0.115. The molecular weight excluding hydrogens is 524 g/mol. The summed E-state index contributed by atoms with van der Waals surface area (Å²) in [5.41, 5.74) is 4.00. The number of halogens is 3. The molecule has 0 saturated heterocycles. The molecule has 0 fully saturated rings. The van der Waals surface area contributed by atoms with Gasteiger partial charge in [0, 0.05) is 39.8 Å². The highest BCUT2D eigenvalue weighted by atomic mass is 35.5. The molecule has 39 heavy (non-hydrogen) atoms. The second-order valence-electron chi connectivity index (χ2n) is 9.29. The van der Waals surface area contributed by atoms with Crippen molar-refractivity contribution in [2.45, 2.75) is 45.3 Å². The van der Waals surface area contributed by atoms with Crippen molar-refractivity contribution < 1.29 is 23.4 Å². The van der Waals surface area contributed by atoms with Crippen LogP contribution in [-0.2, 0) is 17.1 Å². The van der Waals surface area contributed by atoms with Crippen molar-refractivity contribution in [2.75, 3.05) is 5.32 Å². The molecule has 1 amide bonds. The highest BCUT2D eigenvalue weighted by Gasteiger charge is 2.37. The first-order chi connectivity index (χ1) is 18.5. The highest BCUT2D eigenvalue weighted by molar-refractivity contribution is 6.31. The normalized spacial score (nSPS) is 13.0. The monoisotopic (exact) mass is 551 g/mol. The minimum Gasteiger partial charge on any atom is -0.468 e. The average molecular weight is 552 g/mol. The standard InChI is InChI=1S/C30H28ClF2N3O3/c1-18-4-13-25(26(31)16-18)19(2)39-29-28(34-14-15-35-29)22-7-11-24(12-8-22)36-27(38)17-21-5-9-23(10-6-21)30(32,33)20(3)37/h4-16,19-20,37H,17H2,1-3H3,(H,36,38)/t19-,20?/m1/s1. The van der Waals surface area contributed by atoms with E-state index in [1.807, 2.05) is 32.0 Å². The zero-order chi connectivity index (χ0) is 28.2. The number of aromatic nitrogens is 2. The van der Waals surface area contributed by atoms with Crippen LogP contribution in [0, 0.1) is 6.92 Å². The van der Waals surface area contributed by atoms with Crippen LogP contribution in [0.2, 0.25) is 5.02 Å². The molecule has 0 aliphatic rings. The lowest BCUT2D eigenvalue weighted by Gasteiger charge is -2.19. The maximum Gasteiger partial charge on any atom is 0.298 e. The largest absolute Gasteiger partial charge is 0.468 e. The van der Waals surface area contributed by atoms with Gasteiger partial charge in [-0.3, -0.25) is 4.79 Å². The Morgan fingerprint density at radius 2 is 1.69 bits per heavy atom. The third-order valence-corrected chi connectivity index (χ3v) is 6.54. The number of aliphatic hydroxyl groups excluding tert-OH is 1. The predicted molar refractivity (Wildman–Crippen MR) is 147 cm³/mol. The van der Waals surface area contributed by atoms with Gasteiger partial charge in [0.15, 0.2) is 0 Å². The van der Waals surface area contributed by atoms with Crippen molar-refractivity contribution in [1.82, 2.24) is 9.97 Å². The number of hydrogen-bond donors (Lipinski definition) is 2. The van der Waals surface area contributed by atoms with Gasteiger partial charge in [-0.15, -0.1) is 0 Å². The zero-order valence-electron chi connectivity index (χ0n) is 21.7. The van der Waals surface area contributed by atoms with Gasteiger partial charge >= 0.3 is 0 Å². The Kier molecular flexibility index (Phi) is 8.57. The molecule has 0 saturated carbocycles. The van der Waals surface area contributed by atoms with Gasteiger partial charge in [-0.1, -0.05) is 60.1 Å². The van der Waals surface area contributed by atoms with Gasteiger partial charge in [0.05, 0.1) is 6.42 Å². The van der Waals surface area contributed by atoms with Crippen molar-refractivity contribution in [3.05, 3.63) is 106 Å². The molecular formula is C30H28ClF2N3O3. The third kappa shape index (κ3) is 6.77. The van der Waals surface area contributed by atoms with Gasteiger partial charge in [0.2, 0.25) is 11.8 Å². The van der Waals surface area contributed by atoms with Crippen LogP contribution in [0.25, 0.3) is 11.3 Å². The summed E-state index contributed by atoms with van der Waals surface area (Å²) in [5.74, 6) is -3.31. The van der Waals surface area contributed by atoms with E-state index in [4.69, 9.17) is 16.3 Å². The lowest BCUT2D eigenvalue weighted by Crippen LogP contribution is -2.27. The van der Waals surface area contributed by atoms with Crippen LogP contribution in [0.1, 0.15) is 42.2 Å². The Morgan fingerprint density at radius 3 is 2.33 bits per heavy atom. The van der Waals surface area contributed by atoms with E-state index in [0.29, 0.717) is 27.8 Å². The van der Waals surface area contributed by atoms with Gasteiger partial charge in [-0.2, -0.15) is 8.78 Å². The molecule has 1 heterocycles. The van der Waals surface area contributed by atoms with Crippen molar-refractivity contribution in [3.63, 3.8) is 0 Å². The van der Waals surface area contributed by atoms with Crippen LogP contribution in [0.4, 0.5) is 14.5 Å². The van der Waals surface area contributed by atoms with E-state index in [0.717, 1.165) is 23.6 Å². The molecule has 4 aromatic rings. The number of benzene rings is 3. The number of nitrogens with one attached hydrogen (secondary N) is 1. The van der Waals surface area contributed by atoms with Crippen LogP contribution in [-0.4, -0.2) is 27.1 Å². The zero-order valence-corrected chi connectivity index (χ0v) is 22.4. The Balaban J connectivity index is 1.42. The molecule has 1 unspecified atom stereocenters. The van der Waals surface area contributed by atoms with E-state index in [2.05, 4.69) is 15.3 Å². The number of aryl methyl sites for hydroxylation is 1. The van der Waals surface area contributed by atoms with E-state index in [1.165, 1.54) is 24.3 Å². The van der Waals surface area contributed by atoms with E-state index in [-0.39, 0.29) is 24.0 Å². The van der Waals surface area contributed by atoms with Crippen molar-refractivity contribution >= 4 is 23.2 Å². The summed E-state index contributed by atoms with van der Waals surface area (Å²) < 4.78 is 34.0. The average Bonchev–Trinajstić information content (AvgIpc) is 2.89. The number of amides is 1. The molecule has 2 N–H and O–H groups in total. The second-order valence-corrected chi connectivity index (χ2v) is 9.70. The molecule has 4 rings (SSSR count). The number of nitrogens with zero attached hydrogens (tertiary/aromatic N) is 2. The predicted octanol–water partition coefficient (Wildman–Crippen LogP) is 6.90. The molecule has 1 aromatic heterocycles. The SMILES string of the molecule is Cc1ccc([C@@H](C)Oc2nccnc2-c2ccc(NC(=O)Cc3ccc(C(F)(F)C(C)O)cc3)cc2)c(Cl)c1. The fraction of sp³-hybridized carbons (Fsp3) is 0.233.